The number of aromatic nitrogens is 2. The summed E-state index contributed by atoms with van der Waals surface area (Å²) in [6.45, 7) is 5.47. The van der Waals surface area contributed by atoms with Crippen LogP contribution in [-0.2, 0) is 4.74 Å². The number of anilines is 1. The molecule has 3 aromatic rings. The van der Waals surface area contributed by atoms with E-state index in [2.05, 4.69) is 22.4 Å². The van der Waals surface area contributed by atoms with Gasteiger partial charge in [-0.2, -0.15) is 5.10 Å². The number of hydrogen-bond acceptors (Lipinski definition) is 3. The summed E-state index contributed by atoms with van der Waals surface area (Å²) in [4.78, 5) is 13.1. The van der Waals surface area contributed by atoms with Crippen LogP contribution in [0.25, 0.3) is 22.2 Å². The molecule has 28 heavy (non-hydrogen) atoms. The highest BCUT2D eigenvalue weighted by atomic mass is 19.1. The fourth-order valence-corrected chi connectivity index (χ4v) is 3.81. The molecule has 2 N–H and O–H groups in total. The van der Waals surface area contributed by atoms with Crippen LogP contribution in [0.4, 0.5) is 14.9 Å². The van der Waals surface area contributed by atoms with Crippen molar-refractivity contribution in [3.63, 3.8) is 0 Å². The van der Waals surface area contributed by atoms with Crippen LogP contribution in [0.1, 0.15) is 13.3 Å². The van der Waals surface area contributed by atoms with E-state index in [4.69, 9.17) is 4.74 Å². The predicted octanol–water partition coefficient (Wildman–Crippen LogP) is 4.16. The van der Waals surface area contributed by atoms with Crippen LogP contribution in [0.3, 0.4) is 0 Å². The summed E-state index contributed by atoms with van der Waals surface area (Å²) in [5.41, 5.74) is 3.14. The van der Waals surface area contributed by atoms with Crippen molar-refractivity contribution in [2.24, 2.45) is 0 Å². The molecule has 2 aromatic carbocycles. The highest BCUT2D eigenvalue weighted by molar-refractivity contribution is 5.97. The quantitative estimate of drug-likeness (QED) is 0.665. The zero-order valence-electron chi connectivity index (χ0n) is 15.9. The number of nitrogens with zero attached hydrogens (tertiary/aromatic N) is 2. The molecule has 0 atom stereocenters. The topological polar surface area (TPSA) is 67.0 Å². The molecule has 0 bridgehead atoms. The lowest BCUT2D eigenvalue weighted by atomic mass is 10.1. The molecule has 7 heteroatoms. The van der Waals surface area contributed by atoms with Gasteiger partial charge in [0.15, 0.2) is 0 Å². The molecule has 4 rings (SSSR count). The Morgan fingerprint density at radius 2 is 1.96 bits per heavy atom. The molecule has 6 nitrogen and oxygen atoms in total. The van der Waals surface area contributed by atoms with Crippen molar-refractivity contribution in [1.29, 1.82) is 0 Å². The third kappa shape index (κ3) is 3.50. The Kier molecular flexibility index (Phi) is 5.11. The first kappa shape index (κ1) is 18.6. The maximum Gasteiger partial charge on any atom is 0.421 e. The van der Waals surface area contributed by atoms with E-state index in [1.165, 1.54) is 12.1 Å². The van der Waals surface area contributed by atoms with Crippen LogP contribution in [0.2, 0.25) is 0 Å². The summed E-state index contributed by atoms with van der Waals surface area (Å²) < 4.78 is 19.1. The lowest BCUT2D eigenvalue weighted by molar-refractivity contribution is -0.857. The second kappa shape index (κ2) is 7.69. The van der Waals surface area contributed by atoms with E-state index in [-0.39, 0.29) is 11.8 Å². The zero-order chi connectivity index (χ0) is 19.6. The lowest BCUT2D eigenvalue weighted by Gasteiger charge is -2.38. The summed E-state index contributed by atoms with van der Waals surface area (Å²) in [6, 6.07) is 11.9. The van der Waals surface area contributed by atoms with Gasteiger partial charge in [-0.3, -0.25) is 10.4 Å². The van der Waals surface area contributed by atoms with E-state index in [1.807, 2.05) is 18.2 Å². The van der Waals surface area contributed by atoms with Crippen molar-refractivity contribution in [2.75, 3.05) is 38.2 Å². The van der Waals surface area contributed by atoms with Gasteiger partial charge >= 0.3 is 6.03 Å². The number of halogens is 1. The highest BCUT2D eigenvalue weighted by Gasteiger charge is 2.38. The maximum atomic E-state index is 13.2. The predicted molar refractivity (Wildman–Crippen MR) is 106 cm³/mol. The van der Waals surface area contributed by atoms with E-state index in [9.17, 15) is 9.18 Å². The van der Waals surface area contributed by atoms with Crippen molar-refractivity contribution >= 4 is 22.6 Å². The third-order valence-electron chi connectivity index (χ3n) is 5.34. The molecule has 0 aliphatic carbocycles. The fourth-order valence-electron chi connectivity index (χ4n) is 3.81. The van der Waals surface area contributed by atoms with Crippen molar-refractivity contribution in [2.45, 2.75) is 13.3 Å². The number of carbonyl (C=O) groups is 1. The molecule has 0 unspecified atom stereocenters. The van der Waals surface area contributed by atoms with Crippen LogP contribution in [0, 0.1) is 5.82 Å². The number of hydrogen-bond donors (Lipinski definition) is 2. The molecule has 2 heterocycles. The Bertz CT molecular complexity index is 972. The largest absolute Gasteiger partial charge is 0.421 e. The average molecular weight is 383 g/mol. The van der Waals surface area contributed by atoms with Crippen molar-refractivity contribution < 1.29 is 18.4 Å². The molecule has 1 saturated heterocycles. The van der Waals surface area contributed by atoms with Gasteiger partial charge in [-0.05, 0) is 48.9 Å². The second-order valence-electron chi connectivity index (χ2n) is 7.20. The minimum atomic E-state index is -0.285. The SMILES string of the molecule is CCC[N+]1(C(=O)Nc2ccc3[nH]nc(-c4ccc(F)cc4)c3c2)CCOCC1. The summed E-state index contributed by atoms with van der Waals surface area (Å²) in [6.07, 6.45) is 0.933. The molecular formula is C21H24FN4O2+. The average Bonchev–Trinajstić information content (AvgIpc) is 3.13. The van der Waals surface area contributed by atoms with Crippen LogP contribution in [0.15, 0.2) is 42.5 Å². The van der Waals surface area contributed by atoms with E-state index >= 15 is 0 Å². The lowest BCUT2D eigenvalue weighted by Crippen LogP contribution is -2.60. The van der Waals surface area contributed by atoms with E-state index in [0.29, 0.717) is 30.8 Å². The smallest absolute Gasteiger partial charge is 0.370 e. The first-order chi connectivity index (χ1) is 13.6. The number of urea groups is 1. The number of aromatic amines is 1. The van der Waals surface area contributed by atoms with Crippen molar-refractivity contribution in [3.05, 3.63) is 48.3 Å². The molecule has 1 aliphatic heterocycles. The first-order valence-electron chi connectivity index (χ1n) is 9.61. The third-order valence-corrected chi connectivity index (χ3v) is 5.34. The Labute approximate surface area is 162 Å². The van der Waals surface area contributed by atoms with Gasteiger partial charge in [0.1, 0.15) is 18.9 Å². The summed E-state index contributed by atoms with van der Waals surface area (Å²) in [7, 11) is 0. The standard InChI is InChI=1S/C21H23FN4O2/c1-2-9-26(10-12-28-13-11-26)21(27)23-17-7-8-19-18(14-17)20(25-24-19)15-3-5-16(22)6-4-15/h3-8,14H,2,9-13H2,1H3,(H-,23,24,25,27)/p+1. The van der Waals surface area contributed by atoms with Crippen LogP contribution >= 0.6 is 0 Å². The summed E-state index contributed by atoms with van der Waals surface area (Å²) in [5.74, 6) is -0.285. The van der Waals surface area contributed by atoms with Gasteiger partial charge in [-0.15, -0.1) is 0 Å². The van der Waals surface area contributed by atoms with Gasteiger partial charge in [-0.1, -0.05) is 6.92 Å². The summed E-state index contributed by atoms with van der Waals surface area (Å²) >= 11 is 0. The Balaban J connectivity index is 1.63. The van der Waals surface area contributed by atoms with Gasteiger partial charge in [0.25, 0.3) is 0 Å². The van der Waals surface area contributed by atoms with Gasteiger partial charge < -0.3 is 4.74 Å². The monoisotopic (exact) mass is 383 g/mol. The number of quaternary nitrogens is 1. The van der Waals surface area contributed by atoms with Gasteiger partial charge in [0.05, 0.1) is 31.0 Å². The Morgan fingerprint density at radius 1 is 1.21 bits per heavy atom. The second-order valence-corrected chi connectivity index (χ2v) is 7.20. The molecule has 0 saturated carbocycles. The fraction of sp³-hybridized carbons (Fsp3) is 0.333. The number of H-pyrrole nitrogens is 1. The minimum absolute atomic E-state index is 0.00340. The minimum Gasteiger partial charge on any atom is -0.370 e. The molecular weight excluding hydrogens is 359 g/mol. The molecule has 0 radical (unpaired) electrons. The Hall–Kier alpha value is -2.77. The van der Waals surface area contributed by atoms with Gasteiger partial charge in [0, 0.05) is 16.6 Å². The molecule has 146 valence electrons. The molecule has 1 aliphatic rings. The number of ether oxygens (including phenoxy) is 1. The zero-order valence-corrected chi connectivity index (χ0v) is 15.9. The molecule has 1 aromatic heterocycles. The highest BCUT2D eigenvalue weighted by Crippen LogP contribution is 2.29. The van der Waals surface area contributed by atoms with E-state index < -0.39 is 0 Å². The van der Waals surface area contributed by atoms with Crippen LogP contribution in [0.5, 0.6) is 0 Å². The number of nitrogens with one attached hydrogen (secondary N) is 2. The normalized spacial score (nSPS) is 16.2. The number of amides is 2. The van der Waals surface area contributed by atoms with Gasteiger partial charge in [0.2, 0.25) is 0 Å². The molecule has 1 fully saturated rings. The van der Waals surface area contributed by atoms with Crippen LogP contribution < -0.4 is 5.32 Å². The number of carbonyl (C=O) groups excluding carboxylic acids is 1. The number of benzene rings is 2. The maximum absolute atomic E-state index is 13.2. The van der Waals surface area contributed by atoms with E-state index in [1.54, 1.807) is 12.1 Å². The van der Waals surface area contributed by atoms with E-state index in [0.717, 1.165) is 40.8 Å². The Morgan fingerprint density at radius 3 is 2.68 bits per heavy atom. The first-order valence-corrected chi connectivity index (χ1v) is 9.61. The van der Waals surface area contributed by atoms with Gasteiger partial charge in [-0.25, -0.2) is 13.7 Å². The van der Waals surface area contributed by atoms with Crippen molar-refractivity contribution in [3.8, 4) is 11.3 Å². The summed E-state index contributed by atoms with van der Waals surface area (Å²) in [5, 5.41) is 11.3. The number of morpholine rings is 1. The van der Waals surface area contributed by atoms with Crippen molar-refractivity contribution in [1.82, 2.24) is 10.2 Å². The molecule has 0 spiro atoms. The number of rotatable bonds is 4. The van der Waals surface area contributed by atoms with Crippen LogP contribution in [-0.4, -0.2) is 53.6 Å². The molecule has 2 amide bonds. The number of fused-ring (bicyclic) bond motifs is 1.